The lowest BCUT2D eigenvalue weighted by molar-refractivity contribution is -0.122. The van der Waals surface area contributed by atoms with E-state index in [0.29, 0.717) is 31.0 Å². The van der Waals surface area contributed by atoms with Gasteiger partial charge in [0.25, 0.3) is 0 Å². The first-order valence-electron chi connectivity index (χ1n) is 9.70. The van der Waals surface area contributed by atoms with Gasteiger partial charge in [-0.25, -0.2) is 4.98 Å². The maximum absolute atomic E-state index is 12.2. The molecule has 0 saturated carbocycles. The molecule has 0 spiro atoms. The number of nitrogens with zero attached hydrogens (tertiary/aromatic N) is 1. The second-order valence-electron chi connectivity index (χ2n) is 7.73. The van der Waals surface area contributed by atoms with Gasteiger partial charge in [-0.2, -0.15) is 0 Å². The van der Waals surface area contributed by atoms with E-state index in [2.05, 4.69) is 45.3 Å². The maximum atomic E-state index is 12.2. The normalized spacial score (nSPS) is 24.6. The van der Waals surface area contributed by atoms with Crippen molar-refractivity contribution in [2.24, 2.45) is 5.92 Å². The molecule has 2 fully saturated rings. The molecule has 2 atom stereocenters. The molecule has 3 heterocycles. The summed E-state index contributed by atoms with van der Waals surface area (Å²) < 4.78 is 0. The topological polar surface area (TPSA) is 54.0 Å². The molecule has 2 bridgehead atoms. The van der Waals surface area contributed by atoms with Crippen LogP contribution in [-0.2, 0) is 11.2 Å². The van der Waals surface area contributed by atoms with Gasteiger partial charge in [0.05, 0.1) is 10.7 Å². The highest BCUT2D eigenvalue weighted by Gasteiger charge is 2.34. The van der Waals surface area contributed by atoms with Crippen LogP contribution in [0.15, 0.2) is 29.6 Å². The Morgan fingerprint density at radius 3 is 2.62 bits per heavy atom. The molecule has 1 aromatic carbocycles. The van der Waals surface area contributed by atoms with Crippen molar-refractivity contribution in [1.82, 2.24) is 15.6 Å². The molecule has 1 amide bonds. The van der Waals surface area contributed by atoms with Crippen molar-refractivity contribution in [1.29, 1.82) is 0 Å². The van der Waals surface area contributed by atoms with Crippen LogP contribution in [0.2, 0.25) is 0 Å². The van der Waals surface area contributed by atoms with Gasteiger partial charge in [0.1, 0.15) is 0 Å². The van der Waals surface area contributed by atoms with Crippen LogP contribution in [0.4, 0.5) is 0 Å². The third-order valence-corrected chi connectivity index (χ3v) is 6.42. The van der Waals surface area contributed by atoms with Crippen LogP contribution in [0.3, 0.4) is 0 Å². The number of aromatic nitrogens is 1. The van der Waals surface area contributed by atoms with E-state index in [-0.39, 0.29) is 5.91 Å². The average Bonchev–Trinajstić information content (AvgIpc) is 3.21. The predicted molar refractivity (Wildman–Crippen MR) is 106 cm³/mol. The second-order valence-corrected chi connectivity index (χ2v) is 8.79. The number of carbonyl (C=O) groups is 1. The van der Waals surface area contributed by atoms with Gasteiger partial charge < -0.3 is 10.6 Å². The molecule has 0 radical (unpaired) electrons. The average molecular weight is 370 g/mol. The van der Waals surface area contributed by atoms with Crippen molar-refractivity contribution in [3.8, 4) is 11.3 Å². The van der Waals surface area contributed by atoms with E-state index in [0.717, 1.165) is 22.7 Å². The summed E-state index contributed by atoms with van der Waals surface area (Å²) in [6, 6.07) is 9.84. The lowest BCUT2D eigenvalue weighted by Crippen LogP contribution is -2.39. The van der Waals surface area contributed by atoms with Gasteiger partial charge in [0.15, 0.2) is 0 Å². The molecule has 4 rings (SSSR count). The summed E-state index contributed by atoms with van der Waals surface area (Å²) in [5, 5.41) is 9.93. The van der Waals surface area contributed by atoms with Crippen molar-refractivity contribution in [2.75, 3.05) is 6.54 Å². The number of nitrogens with one attached hydrogen (secondary N) is 2. The molecule has 5 heteroatoms. The van der Waals surface area contributed by atoms with Crippen molar-refractivity contribution < 1.29 is 4.79 Å². The Morgan fingerprint density at radius 2 is 1.96 bits per heavy atom. The molecular formula is C21H27N3OS. The SMILES string of the molecule is Cc1nc(-c2ccc(CCNC(=O)CC3CC4CCC(C3)N4)cc2)cs1. The first-order chi connectivity index (χ1) is 12.7. The molecule has 26 heavy (non-hydrogen) atoms. The van der Waals surface area contributed by atoms with Crippen molar-refractivity contribution in [3.05, 3.63) is 40.2 Å². The van der Waals surface area contributed by atoms with Gasteiger partial charge in [-0.3, -0.25) is 4.79 Å². The molecule has 2 aromatic rings. The van der Waals surface area contributed by atoms with Gasteiger partial charge in [-0.05, 0) is 50.5 Å². The molecule has 2 unspecified atom stereocenters. The summed E-state index contributed by atoms with van der Waals surface area (Å²) in [6.07, 6.45) is 6.48. The van der Waals surface area contributed by atoms with E-state index in [1.54, 1.807) is 11.3 Å². The van der Waals surface area contributed by atoms with Gasteiger partial charge in [-0.1, -0.05) is 24.3 Å². The number of thiazole rings is 1. The molecule has 0 aliphatic carbocycles. The third kappa shape index (κ3) is 4.33. The predicted octanol–water partition coefficient (Wildman–Crippen LogP) is 3.70. The summed E-state index contributed by atoms with van der Waals surface area (Å²) in [4.78, 5) is 16.8. The fourth-order valence-electron chi connectivity index (χ4n) is 4.36. The number of hydrogen-bond acceptors (Lipinski definition) is 4. The highest BCUT2D eigenvalue weighted by molar-refractivity contribution is 7.09. The Balaban J connectivity index is 1.21. The quantitative estimate of drug-likeness (QED) is 0.816. The zero-order chi connectivity index (χ0) is 17.9. The molecule has 2 aliphatic rings. The number of carbonyl (C=O) groups excluding carboxylic acids is 1. The highest BCUT2D eigenvalue weighted by Crippen LogP contribution is 2.32. The minimum absolute atomic E-state index is 0.214. The van der Waals surface area contributed by atoms with Crippen LogP contribution >= 0.6 is 11.3 Å². The van der Waals surface area contributed by atoms with E-state index >= 15 is 0 Å². The van der Waals surface area contributed by atoms with Gasteiger partial charge in [-0.15, -0.1) is 11.3 Å². The number of benzene rings is 1. The Bertz CT molecular complexity index is 743. The Morgan fingerprint density at radius 1 is 1.23 bits per heavy atom. The Kier molecular flexibility index (Phi) is 5.36. The monoisotopic (exact) mass is 369 g/mol. The zero-order valence-electron chi connectivity index (χ0n) is 15.3. The lowest BCUT2D eigenvalue weighted by Gasteiger charge is -2.28. The third-order valence-electron chi connectivity index (χ3n) is 5.65. The standard InChI is InChI=1S/C21H27N3OS/c1-14-23-20(13-26-14)17-4-2-15(3-5-17)8-9-22-21(25)12-16-10-18-6-7-19(11-16)24-18/h2-5,13,16,18-19,24H,6-12H2,1H3,(H,22,25). The minimum atomic E-state index is 0.214. The summed E-state index contributed by atoms with van der Waals surface area (Å²) in [5.74, 6) is 0.778. The number of fused-ring (bicyclic) bond motifs is 2. The molecular weight excluding hydrogens is 342 g/mol. The molecule has 4 nitrogen and oxygen atoms in total. The number of aryl methyl sites for hydroxylation is 1. The molecule has 1 aromatic heterocycles. The largest absolute Gasteiger partial charge is 0.356 e. The maximum Gasteiger partial charge on any atom is 0.220 e. The molecule has 2 aliphatic heterocycles. The number of hydrogen-bond donors (Lipinski definition) is 2. The fourth-order valence-corrected chi connectivity index (χ4v) is 4.98. The smallest absolute Gasteiger partial charge is 0.220 e. The van der Waals surface area contributed by atoms with Gasteiger partial charge >= 0.3 is 0 Å². The van der Waals surface area contributed by atoms with Crippen molar-refractivity contribution >= 4 is 17.2 Å². The van der Waals surface area contributed by atoms with Crippen LogP contribution in [0.25, 0.3) is 11.3 Å². The van der Waals surface area contributed by atoms with Crippen LogP contribution < -0.4 is 10.6 Å². The Labute approximate surface area is 159 Å². The molecule has 2 saturated heterocycles. The minimum Gasteiger partial charge on any atom is -0.356 e. The van der Waals surface area contributed by atoms with Crippen molar-refractivity contribution in [3.63, 3.8) is 0 Å². The fraction of sp³-hybridized carbons (Fsp3) is 0.524. The first-order valence-corrected chi connectivity index (χ1v) is 10.6. The van der Waals surface area contributed by atoms with E-state index in [4.69, 9.17) is 0 Å². The van der Waals surface area contributed by atoms with E-state index in [1.807, 2.05) is 6.92 Å². The second kappa shape index (κ2) is 7.89. The van der Waals surface area contributed by atoms with Gasteiger partial charge in [0, 0.05) is 36.0 Å². The summed E-state index contributed by atoms with van der Waals surface area (Å²) >= 11 is 1.68. The zero-order valence-corrected chi connectivity index (χ0v) is 16.1. The summed E-state index contributed by atoms with van der Waals surface area (Å²) in [6.45, 7) is 2.74. The summed E-state index contributed by atoms with van der Waals surface area (Å²) in [7, 11) is 0. The number of piperidine rings is 1. The number of amides is 1. The Hall–Kier alpha value is -1.72. The van der Waals surface area contributed by atoms with Crippen LogP contribution in [0.1, 0.15) is 42.7 Å². The van der Waals surface area contributed by atoms with Gasteiger partial charge in [0.2, 0.25) is 5.91 Å². The van der Waals surface area contributed by atoms with E-state index < -0.39 is 0 Å². The molecule has 138 valence electrons. The van der Waals surface area contributed by atoms with Crippen LogP contribution in [0, 0.1) is 12.8 Å². The van der Waals surface area contributed by atoms with Crippen LogP contribution in [0.5, 0.6) is 0 Å². The highest BCUT2D eigenvalue weighted by atomic mass is 32.1. The lowest BCUT2D eigenvalue weighted by atomic mass is 9.89. The summed E-state index contributed by atoms with van der Waals surface area (Å²) in [5.41, 5.74) is 3.45. The van der Waals surface area contributed by atoms with Crippen LogP contribution in [-0.4, -0.2) is 29.5 Å². The van der Waals surface area contributed by atoms with E-state index in [9.17, 15) is 4.79 Å². The van der Waals surface area contributed by atoms with Crippen molar-refractivity contribution in [2.45, 2.75) is 57.5 Å². The number of rotatable bonds is 6. The molecule has 2 N–H and O–H groups in total. The first kappa shape index (κ1) is 17.7. The van der Waals surface area contributed by atoms with E-state index in [1.165, 1.54) is 31.2 Å².